The molecule has 0 aliphatic heterocycles. The Morgan fingerprint density at radius 3 is 2.16 bits per heavy atom. The van der Waals surface area contributed by atoms with Crippen LogP contribution in [0.15, 0.2) is 106 Å². The van der Waals surface area contributed by atoms with Crippen LogP contribution in [0.1, 0.15) is 36.8 Å². The Balaban J connectivity index is 1.57. The maximum Gasteiger partial charge on any atom is 0.264 e. The fraction of sp³-hybridized carbons (Fsp3) is 0.297. The second-order valence-corrected chi connectivity index (χ2v) is 15.1. The molecule has 258 valence electrons. The molecule has 5 rings (SSSR count). The molecule has 0 radical (unpaired) electrons. The first-order chi connectivity index (χ1) is 23.6. The molecule has 1 N–H and O–H groups in total. The summed E-state index contributed by atoms with van der Waals surface area (Å²) in [4.78, 5) is 30.2. The lowest BCUT2D eigenvalue weighted by Crippen LogP contribution is -2.54. The fourth-order valence-electron chi connectivity index (χ4n) is 5.95. The summed E-state index contributed by atoms with van der Waals surface area (Å²) in [6, 6.07) is 26.5. The standard InChI is InChI=1S/C37H39BrClN3O6S/c1-47-34-21-20-32(23-35(34)48-2)49(45,46)42(31-18-16-29(39)17-19-31)25-36(43)41(24-27-12-14-28(38)15-13-27)33(22-26-8-4-3-5-9-26)37(44)40-30-10-6-7-11-30/h3-5,8-9,12-21,23,30,33H,6-7,10-11,22,24-25H2,1-2H3,(H,40,44)/t33-/m0/s1. The summed E-state index contributed by atoms with van der Waals surface area (Å²) in [6.45, 7) is -0.511. The van der Waals surface area contributed by atoms with Crippen LogP contribution in [-0.2, 0) is 32.6 Å². The van der Waals surface area contributed by atoms with Gasteiger partial charge in [-0.05, 0) is 72.5 Å². The van der Waals surface area contributed by atoms with Crippen molar-refractivity contribution in [1.82, 2.24) is 10.2 Å². The van der Waals surface area contributed by atoms with Crippen molar-refractivity contribution < 1.29 is 27.5 Å². The first-order valence-electron chi connectivity index (χ1n) is 16.0. The highest BCUT2D eigenvalue weighted by Gasteiger charge is 2.36. The van der Waals surface area contributed by atoms with Gasteiger partial charge in [0.15, 0.2) is 11.5 Å². The second-order valence-electron chi connectivity index (χ2n) is 11.8. The average Bonchev–Trinajstić information content (AvgIpc) is 3.63. The summed E-state index contributed by atoms with van der Waals surface area (Å²) in [5.41, 5.74) is 1.88. The average molecular weight is 769 g/mol. The highest BCUT2D eigenvalue weighted by molar-refractivity contribution is 9.10. The topological polar surface area (TPSA) is 105 Å². The van der Waals surface area contributed by atoms with E-state index in [9.17, 15) is 18.0 Å². The minimum Gasteiger partial charge on any atom is -0.493 e. The van der Waals surface area contributed by atoms with E-state index >= 15 is 0 Å². The van der Waals surface area contributed by atoms with Crippen LogP contribution in [0.2, 0.25) is 5.02 Å². The molecule has 1 saturated carbocycles. The summed E-state index contributed by atoms with van der Waals surface area (Å²) < 4.78 is 41.4. The van der Waals surface area contributed by atoms with Gasteiger partial charge in [0.05, 0.1) is 24.8 Å². The van der Waals surface area contributed by atoms with E-state index < -0.39 is 28.5 Å². The number of halogens is 2. The quantitative estimate of drug-likeness (QED) is 0.148. The number of hydrogen-bond donors (Lipinski definition) is 1. The summed E-state index contributed by atoms with van der Waals surface area (Å²) >= 11 is 9.65. The third kappa shape index (κ3) is 9.14. The third-order valence-electron chi connectivity index (χ3n) is 8.58. The Labute approximate surface area is 301 Å². The molecule has 1 aliphatic rings. The molecule has 1 fully saturated rings. The maximum atomic E-state index is 14.7. The number of anilines is 1. The Morgan fingerprint density at radius 2 is 1.53 bits per heavy atom. The smallest absolute Gasteiger partial charge is 0.264 e. The van der Waals surface area contributed by atoms with Gasteiger partial charge in [0.25, 0.3) is 10.0 Å². The molecule has 4 aromatic carbocycles. The Hall–Kier alpha value is -4.06. The maximum absolute atomic E-state index is 14.7. The van der Waals surface area contributed by atoms with Crippen LogP contribution in [0.3, 0.4) is 0 Å². The second kappa shape index (κ2) is 16.6. The first kappa shape index (κ1) is 36.2. The molecule has 4 aromatic rings. The van der Waals surface area contributed by atoms with Crippen molar-refractivity contribution in [2.45, 2.75) is 55.6 Å². The van der Waals surface area contributed by atoms with Gasteiger partial charge >= 0.3 is 0 Å². The molecule has 12 heteroatoms. The Bertz CT molecular complexity index is 1840. The van der Waals surface area contributed by atoms with Gasteiger partial charge in [-0.3, -0.25) is 13.9 Å². The van der Waals surface area contributed by atoms with E-state index in [1.807, 2.05) is 54.6 Å². The molecular formula is C37H39BrClN3O6S. The highest BCUT2D eigenvalue weighted by Crippen LogP contribution is 2.33. The number of amides is 2. The van der Waals surface area contributed by atoms with Crippen molar-refractivity contribution >= 4 is 55.1 Å². The van der Waals surface area contributed by atoms with E-state index in [1.165, 1.54) is 37.3 Å². The van der Waals surface area contributed by atoms with Crippen molar-refractivity contribution in [1.29, 1.82) is 0 Å². The summed E-state index contributed by atoms with van der Waals surface area (Å²) in [5, 5.41) is 3.59. The number of ether oxygens (including phenoxy) is 2. The van der Waals surface area contributed by atoms with Crippen LogP contribution in [0.5, 0.6) is 11.5 Å². The van der Waals surface area contributed by atoms with E-state index in [4.69, 9.17) is 21.1 Å². The number of hydrogen-bond acceptors (Lipinski definition) is 6. The van der Waals surface area contributed by atoms with Gasteiger partial charge in [-0.25, -0.2) is 8.42 Å². The summed E-state index contributed by atoms with van der Waals surface area (Å²) in [6.07, 6.45) is 4.04. The minimum absolute atomic E-state index is 0.0198. The van der Waals surface area contributed by atoms with Crippen molar-refractivity contribution in [2.24, 2.45) is 0 Å². The zero-order valence-corrected chi connectivity index (χ0v) is 30.5. The predicted octanol–water partition coefficient (Wildman–Crippen LogP) is 7.01. The molecular weight excluding hydrogens is 730 g/mol. The minimum atomic E-state index is -4.35. The number of nitrogens with one attached hydrogen (secondary N) is 1. The molecule has 0 bridgehead atoms. The molecule has 0 saturated heterocycles. The van der Waals surface area contributed by atoms with Gasteiger partial charge in [0.2, 0.25) is 11.8 Å². The van der Waals surface area contributed by atoms with Gasteiger partial charge < -0.3 is 19.7 Å². The van der Waals surface area contributed by atoms with Crippen LogP contribution >= 0.6 is 27.5 Å². The van der Waals surface area contributed by atoms with Gasteiger partial charge in [0, 0.05) is 34.6 Å². The highest BCUT2D eigenvalue weighted by atomic mass is 79.9. The van der Waals surface area contributed by atoms with E-state index in [-0.39, 0.29) is 41.2 Å². The molecule has 0 aromatic heterocycles. The first-order valence-corrected chi connectivity index (χ1v) is 18.6. The molecule has 0 heterocycles. The van der Waals surface area contributed by atoms with Gasteiger partial charge in [0.1, 0.15) is 12.6 Å². The SMILES string of the molecule is COc1ccc(S(=O)(=O)N(CC(=O)N(Cc2ccc(Br)cc2)[C@@H](Cc2ccccc2)C(=O)NC2CCCC2)c2ccc(Cl)cc2)cc1OC. The molecule has 2 amide bonds. The molecule has 9 nitrogen and oxygen atoms in total. The van der Waals surface area contributed by atoms with Crippen LogP contribution in [0.4, 0.5) is 5.69 Å². The fourth-order valence-corrected chi connectivity index (χ4v) is 7.77. The third-order valence-corrected chi connectivity index (χ3v) is 11.1. The normalized spacial score (nSPS) is 13.8. The van der Waals surface area contributed by atoms with Gasteiger partial charge in [-0.2, -0.15) is 0 Å². The van der Waals surface area contributed by atoms with Crippen molar-refractivity contribution in [3.05, 3.63) is 118 Å². The van der Waals surface area contributed by atoms with Crippen LogP contribution in [-0.4, -0.2) is 58.0 Å². The lowest BCUT2D eigenvalue weighted by molar-refractivity contribution is -0.140. The predicted molar refractivity (Wildman–Crippen MR) is 195 cm³/mol. The number of nitrogens with zero attached hydrogens (tertiary/aromatic N) is 2. The van der Waals surface area contributed by atoms with Crippen LogP contribution in [0.25, 0.3) is 0 Å². The van der Waals surface area contributed by atoms with Crippen molar-refractivity contribution in [3.63, 3.8) is 0 Å². The van der Waals surface area contributed by atoms with Crippen molar-refractivity contribution in [2.75, 3.05) is 25.1 Å². The van der Waals surface area contributed by atoms with E-state index in [0.29, 0.717) is 10.8 Å². The molecule has 49 heavy (non-hydrogen) atoms. The lowest BCUT2D eigenvalue weighted by atomic mass is 10.0. The Kier molecular flexibility index (Phi) is 12.2. The summed E-state index contributed by atoms with van der Waals surface area (Å²) in [7, 11) is -1.48. The van der Waals surface area contributed by atoms with E-state index in [1.54, 1.807) is 24.3 Å². The molecule has 0 unspecified atom stereocenters. The molecule has 0 spiro atoms. The lowest BCUT2D eigenvalue weighted by Gasteiger charge is -2.34. The number of carbonyl (C=O) groups is 2. The van der Waals surface area contributed by atoms with Crippen LogP contribution in [0, 0.1) is 0 Å². The Morgan fingerprint density at radius 1 is 0.878 bits per heavy atom. The zero-order valence-electron chi connectivity index (χ0n) is 27.4. The number of rotatable bonds is 14. The monoisotopic (exact) mass is 767 g/mol. The largest absolute Gasteiger partial charge is 0.493 e. The number of benzene rings is 4. The van der Waals surface area contributed by atoms with E-state index in [2.05, 4.69) is 21.2 Å². The van der Waals surface area contributed by atoms with E-state index in [0.717, 1.165) is 45.6 Å². The molecule has 1 aliphatic carbocycles. The zero-order chi connectivity index (χ0) is 35.0. The number of sulfonamides is 1. The number of methoxy groups -OCH3 is 2. The van der Waals surface area contributed by atoms with Gasteiger partial charge in [-0.15, -0.1) is 0 Å². The van der Waals surface area contributed by atoms with Gasteiger partial charge in [-0.1, -0.05) is 82.8 Å². The van der Waals surface area contributed by atoms with Crippen molar-refractivity contribution in [3.8, 4) is 11.5 Å². The number of carbonyl (C=O) groups excluding carboxylic acids is 2. The molecule has 1 atom stereocenters. The van der Waals surface area contributed by atoms with Crippen LogP contribution < -0.4 is 19.1 Å². The summed E-state index contributed by atoms with van der Waals surface area (Å²) in [5.74, 6) is -0.256.